The fraction of sp³-hybridized carbons (Fsp3) is 0.333. The molecule has 0 unspecified atom stereocenters. The molecule has 20 heavy (non-hydrogen) atoms. The number of H-pyrrole nitrogens is 1. The number of carbonyl (C=O) groups is 2. The topological polar surface area (TPSA) is 62.0 Å². The number of thiophene rings is 1. The summed E-state index contributed by atoms with van der Waals surface area (Å²) >= 11 is 1.61. The number of hydrogen-bond donors (Lipinski definition) is 2. The van der Waals surface area contributed by atoms with Crippen LogP contribution in [0.3, 0.4) is 0 Å². The molecule has 0 spiro atoms. The number of amides is 1. The molecule has 3 rings (SSSR count). The van der Waals surface area contributed by atoms with Gasteiger partial charge in [-0.2, -0.15) is 0 Å². The maximum atomic E-state index is 12.2. The van der Waals surface area contributed by atoms with Crippen LogP contribution in [0.15, 0.2) is 17.5 Å². The lowest BCUT2D eigenvalue weighted by atomic mass is 9.94. The van der Waals surface area contributed by atoms with Crippen molar-refractivity contribution in [1.29, 1.82) is 0 Å². The van der Waals surface area contributed by atoms with Crippen LogP contribution in [0, 0.1) is 6.92 Å². The molecule has 1 amide bonds. The fourth-order valence-electron chi connectivity index (χ4n) is 2.67. The summed E-state index contributed by atoms with van der Waals surface area (Å²) in [7, 11) is 0. The molecule has 2 N–H and O–H groups in total. The third kappa shape index (κ3) is 2.29. The summed E-state index contributed by atoms with van der Waals surface area (Å²) in [6.07, 6.45) is 2.30. The number of Topliss-reactive ketones (excluding diaryl/α,β-unsaturated/α-hetero) is 1. The molecule has 2 heterocycles. The molecule has 4 nitrogen and oxygen atoms in total. The van der Waals surface area contributed by atoms with Crippen LogP contribution in [0.4, 0.5) is 0 Å². The van der Waals surface area contributed by atoms with E-state index in [1.807, 2.05) is 24.4 Å². The standard InChI is InChI=1S/C15H16N2O2S/c1-9-13-11(5-2-6-12(13)18)17-14(9)15(19)16-8-10-4-3-7-20-10/h3-4,7,17H,2,5-6,8H2,1H3,(H,16,19). The lowest BCUT2D eigenvalue weighted by Gasteiger charge is -2.09. The smallest absolute Gasteiger partial charge is 0.268 e. The van der Waals surface area contributed by atoms with Crippen LogP contribution >= 0.6 is 11.3 Å². The van der Waals surface area contributed by atoms with Gasteiger partial charge in [-0.3, -0.25) is 9.59 Å². The van der Waals surface area contributed by atoms with E-state index in [1.165, 1.54) is 0 Å². The SMILES string of the molecule is Cc1c(C(=O)NCc2cccs2)[nH]c2c1C(=O)CCC2. The first-order valence-corrected chi connectivity index (χ1v) is 7.60. The minimum Gasteiger partial charge on any atom is -0.354 e. The molecule has 0 bridgehead atoms. The van der Waals surface area contributed by atoms with Crippen LogP contribution in [0.2, 0.25) is 0 Å². The van der Waals surface area contributed by atoms with E-state index in [0.717, 1.165) is 34.5 Å². The van der Waals surface area contributed by atoms with Crippen molar-refractivity contribution in [2.45, 2.75) is 32.7 Å². The molecular weight excluding hydrogens is 272 g/mol. The quantitative estimate of drug-likeness (QED) is 0.912. The number of hydrogen-bond acceptors (Lipinski definition) is 3. The maximum Gasteiger partial charge on any atom is 0.268 e. The molecule has 1 aliphatic rings. The number of ketones is 1. The van der Waals surface area contributed by atoms with Crippen molar-refractivity contribution in [1.82, 2.24) is 10.3 Å². The zero-order chi connectivity index (χ0) is 14.1. The highest BCUT2D eigenvalue weighted by Crippen LogP contribution is 2.26. The summed E-state index contributed by atoms with van der Waals surface area (Å²) in [6, 6.07) is 3.95. The fourth-order valence-corrected chi connectivity index (χ4v) is 3.31. The van der Waals surface area contributed by atoms with Gasteiger partial charge in [0.05, 0.1) is 6.54 Å². The van der Waals surface area contributed by atoms with Gasteiger partial charge in [0.2, 0.25) is 0 Å². The Morgan fingerprint density at radius 2 is 2.30 bits per heavy atom. The van der Waals surface area contributed by atoms with Crippen molar-refractivity contribution in [2.75, 3.05) is 0 Å². The van der Waals surface area contributed by atoms with Gasteiger partial charge in [-0.1, -0.05) is 6.07 Å². The van der Waals surface area contributed by atoms with Crippen LogP contribution in [-0.2, 0) is 13.0 Å². The zero-order valence-electron chi connectivity index (χ0n) is 11.3. The van der Waals surface area contributed by atoms with Gasteiger partial charge in [0.25, 0.3) is 5.91 Å². The zero-order valence-corrected chi connectivity index (χ0v) is 12.1. The van der Waals surface area contributed by atoms with E-state index < -0.39 is 0 Å². The predicted molar refractivity (Wildman–Crippen MR) is 78.3 cm³/mol. The van der Waals surface area contributed by atoms with Crippen LogP contribution in [0.25, 0.3) is 0 Å². The molecule has 0 aliphatic heterocycles. The van der Waals surface area contributed by atoms with Crippen LogP contribution in [-0.4, -0.2) is 16.7 Å². The highest BCUT2D eigenvalue weighted by Gasteiger charge is 2.26. The number of nitrogens with one attached hydrogen (secondary N) is 2. The van der Waals surface area contributed by atoms with Gasteiger partial charge in [0.15, 0.2) is 5.78 Å². The summed E-state index contributed by atoms with van der Waals surface area (Å²) in [4.78, 5) is 28.4. The first kappa shape index (κ1) is 13.1. The van der Waals surface area contributed by atoms with E-state index in [-0.39, 0.29) is 11.7 Å². The monoisotopic (exact) mass is 288 g/mol. The lowest BCUT2D eigenvalue weighted by molar-refractivity contribution is 0.0945. The van der Waals surface area contributed by atoms with E-state index >= 15 is 0 Å². The Bertz CT molecular complexity index is 656. The first-order valence-electron chi connectivity index (χ1n) is 6.72. The Morgan fingerprint density at radius 3 is 3.00 bits per heavy atom. The molecule has 0 radical (unpaired) electrons. The molecule has 2 aromatic rings. The summed E-state index contributed by atoms with van der Waals surface area (Å²) in [5.41, 5.74) is 2.97. The third-order valence-corrected chi connectivity index (χ3v) is 4.54. The second-order valence-corrected chi connectivity index (χ2v) is 6.05. The van der Waals surface area contributed by atoms with E-state index in [2.05, 4.69) is 10.3 Å². The largest absolute Gasteiger partial charge is 0.354 e. The number of rotatable bonds is 3. The van der Waals surface area contributed by atoms with E-state index in [9.17, 15) is 9.59 Å². The van der Waals surface area contributed by atoms with E-state index in [1.54, 1.807) is 11.3 Å². The van der Waals surface area contributed by atoms with Crippen LogP contribution in [0.1, 0.15) is 49.8 Å². The van der Waals surface area contributed by atoms with Gasteiger partial charge in [-0.05, 0) is 36.8 Å². The number of aromatic nitrogens is 1. The molecule has 1 aliphatic carbocycles. The van der Waals surface area contributed by atoms with Gasteiger partial charge >= 0.3 is 0 Å². The second kappa shape index (κ2) is 5.25. The number of fused-ring (bicyclic) bond motifs is 1. The van der Waals surface area contributed by atoms with Gasteiger partial charge in [0, 0.05) is 22.6 Å². The average Bonchev–Trinajstić information content (AvgIpc) is 3.05. The highest BCUT2D eigenvalue weighted by molar-refractivity contribution is 7.09. The Balaban J connectivity index is 1.80. The second-order valence-electron chi connectivity index (χ2n) is 5.02. The number of aromatic amines is 1. The molecule has 5 heteroatoms. The maximum absolute atomic E-state index is 12.2. The Labute approximate surface area is 121 Å². The first-order chi connectivity index (χ1) is 9.66. The Morgan fingerprint density at radius 1 is 1.45 bits per heavy atom. The average molecular weight is 288 g/mol. The van der Waals surface area contributed by atoms with E-state index in [0.29, 0.717) is 18.7 Å². The summed E-state index contributed by atoms with van der Waals surface area (Å²) in [5.74, 6) is 0.00964. The number of carbonyl (C=O) groups excluding carboxylic acids is 2. The van der Waals surface area contributed by atoms with Crippen LogP contribution in [0.5, 0.6) is 0 Å². The molecular formula is C15H16N2O2S. The summed E-state index contributed by atoms with van der Waals surface area (Å²) in [5, 5.41) is 4.88. The molecule has 0 atom stereocenters. The molecule has 104 valence electrons. The van der Waals surface area contributed by atoms with Crippen LogP contribution < -0.4 is 5.32 Å². The summed E-state index contributed by atoms with van der Waals surface area (Å²) in [6.45, 7) is 2.37. The molecule has 0 saturated carbocycles. The normalized spacial score (nSPS) is 14.2. The predicted octanol–water partition coefficient (Wildman–Crippen LogP) is 2.83. The minimum absolute atomic E-state index is 0.141. The Hall–Kier alpha value is -1.88. The van der Waals surface area contributed by atoms with Crippen molar-refractivity contribution in [3.63, 3.8) is 0 Å². The molecule has 0 fully saturated rings. The minimum atomic E-state index is -0.141. The number of aryl methyl sites for hydroxylation is 1. The van der Waals surface area contributed by atoms with Gasteiger partial charge in [-0.15, -0.1) is 11.3 Å². The van der Waals surface area contributed by atoms with Crippen molar-refractivity contribution in [2.24, 2.45) is 0 Å². The Kier molecular flexibility index (Phi) is 3.44. The third-order valence-electron chi connectivity index (χ3n) is 3.67. The summed E-state index contributed by atoms with van der Waals surface area (Å²) < 4.78 is 0. The lowest BCUT2D eigenvalue weighted by Crippen LogP contribution is -2.23. The van der Waals surface area contributed by atoms with Crippen molar-refractivity contribution in [3.8, 4) is 0 Å². The van der Waals surface area contributed by atoms with Gasteiger partial charge in [0.1, 0.15) is 5.69 Å². The molecule has 0 aromatic carbocycles. The van der Waals surface area contributed by atoms with Crippen molar-refractivity contribution < 1.29 is 9.59 Å². The highest BCUT2D eigenvalue weighted by atomic mass is 32.1. The van der Waals surface area contributed by atoms with Crippen molar-refractivity contribution >= 4 is 23.0 Å². The van der Waals surface area contributed by atoms with Gasteiger partial charge < -0.3 is 10.3 Å². The van der Waals surface area contributed by atoms with Gasteiger partial charge in [-0.25, -0.2) is 0 Å². The molecule has 2 aromatic heterocycles. The van der Waals surface area contributed by atoms with Crippen molar-refractivity contribution in [3.05, 3.63) is 44.9 Å². The molecule has 0 saturated heterocycles. The van der Waals surface area contributed by atoms with E-state index in [4.69, 9.17) is 0 Å².